The van der Waals surface area contributed by atoms with E-state index in [-0.39, 0.29) is 6.61 Å². The highest BCUT2D eigenvalue weighted by atomic mass is 16.3. The summed E-state index contributed by atoms with van der Waals surface area (Å²) < 4.78 is 0. The third-order valence-corrected chi connectivity index (χ3v) is 5.25. The van der Waals surface area contributed by atoms with Gasteiger partial charge < -0.3 is 26.0 Å². The van der Waals surface area contributed by atoms with Crippen molar-refractivity contribution >= 4 is 23.1 Å². The van der Waals surface area contributed by atoms with Crippen LogP contribution in [0.15, 0.2) is 30.5 Å². The number of hydrogen-bond donors (Lipinski definition) is 4. The zero-order chi connectivity index (χ0) is 19.6. The summed E-state index contributed by atoms with van der Waals surface area (Å²) in [7, 11) is 0. The van der Waals surface area contributed by atoms with Crippen molar-refractivity contribution in [3.05, 3.63) is 36.0 Å². The van der Waals surface area contributed by atoms with Gasteiger partial charge in [0.1, 0.15) is 17.5 Å². The Morgan fingerprint density at radius 1 is 1.14 bits per heavy atom. The number of piperazine rings is 1. The maximum absolute atomic E-state index is 9.62. The van der Waals surface area contributed by atoms with E-state index in [0.29, 0.717) is 5.92 Å². The summed E-state index contributed by atoms with van der Waals surface area (Å²) >= 11 is 0. The molecule has 2 aromatic heterocycles. The molecule has 2 aromatic rings. The Labute approximate surface area is 166 Å². The number of nitrogens with zero attached hydrogens (tertiary/aromatic N) is 3. The molecule has 2 aliphatic rings. The third-order valence-electron chi connectivity index (χ3n) is 5.25. The molecule has 4 N–H and O–H groups in total. The van der Waals surface area contributed by atoms with E-state index in [9.17, 15) is 5.11 Å². The summed E-state index contributed by atoms with van der Waals surface area (Å²) in [6.45, 7) is 7.80. The Morgan fingerprint density at radius 3 is 2.54 bits per heavy atom. The fourth-order valence-electron chi connectivity index (χ4n) is 3.40. The first-order valence-corrected chi connectivity index (χ1v) is 10.1. The number of aromatic nitrogens is 2. The third kappa shape index (κ3) is 4.72. The smallest absolute Gasteiger partial charge is 0.135 e. The molecular formula is C21H30N6O. The van der Waals surface area contributed by atoms with Crippen molar-refractivity contribution in [1.82, 2.24) is 15.3 Å². The van der Waals surface area contributed by atoms with Crippen LogP contribution < -0.4 is 20.9 Å². The first kappa shape index (κ1) is 19.0. The molecule has 0 atom stereocenters. The molecule has 3 heterocycles. The predicted octanol–water partition coefficient (Wildman–Crippen LogP) is 2.69. The molecule has 28 heavy (non-hydrogen) atoms. The molecule has 0 amide bonds. The van der Waals surface area contributed by atoms with Gasteiger partial charge in [0.05, 0.1) is 12.1 Å². The van der Waals surface area contributed by atoms with Crippen LogP contribution in [-0.2, 0) is 0 Å². The molecule has 1 saturated heterocycles. The number of pyridine rings is 2. The lowest BCUT2D eigenvalue weighted by Gasteiger charge is -2.31. The van der Waals surface area contributed by atoms with Crippen molar-refractivity contribution in [3.63, 3.8) is 0 Å². The molecule has 0 aromatic carbocycles. The van der Waals surface area contributed by atoms with E-state index in [0.717, 1.165) is 49.3 Å². The SMILES string of the molecule is CC(C)(CO)Nc1cc(N2CCNCC2)cc(Nc2ccc(C3CC3)cn2)n1. The maximum Gasteiger partial charge on any atom is 0.135 e. The maximum atomic E-state index is 9.62. The minimum absolute atomic E-state index is 0.0273. The molecule has 7 heteroatoms. The van der Waals surface area contributed by atoms with Crippen LogP contribution in [0.3, 0.4) is 0 Å². The van der Waals surface area contributed by atoms with E-state index in [1.807, 2.05) is 26.1 Å². The second-order valence-electron chi connectivity index (χ2n) is 8.38. The minimum atomic E-state index is -0.448. The van der Waals surface area contributed by atoms with Gasteiger partial charge in [-0.1, -0.05) is 6.07 Å². The molecule has 0 unspecified atom stereocenters. The molecule has 4 rings (SSSR count). The number of hydrogen-bond acceptors (Lipinski definition) is 7. The topological polar surface area (TPSA) is 85.3 Å². The number of anilines is 4. The quantitative estimate of drug-likeness (QED) is 0.586. The summed E-state index contributed by atoms with van der Waals surface area (Å²) in [4.78, 5) is 11.6. The molecule has 1 aliphatic carbocycles. The minimum Gasteiger partial charge on any atom is -0.394 e. The normalized spacial score (nSPS) is 17.5. The molecule has 2 fully saturated rings. The van der Waals surface area contributed by atoms with Crippen molar-refractivity contribution < 1.29 is 5.11 Å². The Hall–Kier alpha value is -2.38. The fraction of sp³-hybridized carbons (Fsp3) is 0.524. The van der Waals surface area contributed by atoms with Crippen LogP contribution in [-0.4, -0.2) is 53.4 Å². The van der Waals surface area contributed by atoms with Gasteiger partial charge in [-0.3, -0.25) is 0 Å². The van der Waals surface area contributed by atoms with Gasteiger partial charge in [0, 0.05) is 50.2 Å². The van der Waals surface area contributed by atoms with Gasteiger partial charge in [-0.25, -0.2) is 9.97 Å². The van der Waals surface area contributed by atoms with Crippen molar-refractivity contribution in [2.24, 2.45) is 0 Å². The van der Waals surface area contributed by atoms with Crippen LogP contribution in [0.4, 0.5) is 23.1 Å². The molecule has 1 saturated carbocycles. The molecule has 1 aliphatic heterocycles. The van der Waals surface area contributed by atoms with E-state index >= 15 is 0 Å². The first-order chi connectivity index (χ1) is 13.5. The van der Waals surface area contributed by atoms with Crippen LogP contribution in [0.1, 0.15) is 38.2 Å². The second kappa shape index (κ2) is 7.93. The first-order valence-electron chi connectivity index (χ1n) is 10.1. The molecular weight excluding hydrogens is 352 g/mol. The van der Waals surface area contributed by atoms with E-state index in [1.54, 1.807) is 0 Å². The lowest BCUT2D eigenvalue weighted by Crippen LogP contribution is -2.43. The van der Waals surface area contributed by atoms with Crippen molar-refractivity contribution in [3.8, 4) is 0 Å². The Balaban J connectivity index is 1.58. The second-order valence-corrected chi connectivity index (χ2v) is 8.38. The van der Waals surface area contributed by atoms with Crippen molar-refractivity contribution in [2.75, 3.05) is 48.3 Å². The number of nitrogens with one attached hydrogen (secondary N) is 3. The van der Waals surface area contributed by atoms with Gasteiger partial charge >= 0.3 is 0 Å². The number of aliphatic hydroxyl groups is 1. The Morgan fingerprint density at radius 2 is 1.89 bits per heavy atom. The van der Waals surface area contributed by atoms with Gasteiger partial charge in [-0.05, 0) is 44.2 Å². The number of aliphatic hydroxyl groups excluding tert-OH is 1. The van der Waals surface area contributed by atoms with Crippen molar-refractivity contribution in [1.29, 1.82) is 0 Å². The van der Waals surface area contributed by atoms with Crippen LogP contribution in [0.2, 0.25) is 0 Å². The van der Waals surface area contributed by atoms with Crippen LogP contribution in [0.5, 0.6) is 0 Å². The van der Waals surface area contributed by atoms with E-state index < -0.39 is 5.54 Å². The summed E-state index contributed by atoms with van der Waals surface area (Å²) in [5, 5.41) is 19.7. The van der Waals surface area contributed by atoms with Gasteiger partial charge in [-0.15, -0.1) is 0 Å². The lowest BCUT2D eigenvalue weighted by atomic mass is 10.1. The average molecular weight is 383 g/mol. The monoisotopic (exact) mass is 382 g/mol. The van der Waals surface area contributed by atoms with Crippen molar-refractivity contribution in [2.45, 2.75) is 38.1 Å². The molecule has 0 bridgehead atoms. The summed E-state index contributed by atoms with van der Waals surface area (Å²) in [6.07, 6.45) is 4.52. The molecule has 150 valence electrons. The van der Waals surface area contributed by atoms with Crippen LogP contribution >= 0.6 is 0 Å². The van der Waals surface area contributed by atoms with Gasteiger partial charge in [0.2, 0.25) is 0 Å². The molecule has 0 spiro atoms. The summed E-state index contributed by atoms with van der Waals surface area (Å²) in [5.41, 5.74) is 1.99. The van der Waals surface area contributed by atoms with Crippen LogP contribution in [0, 0.1) is 0 Å². The van der Waals surface area contributed by atoms with Gasteiger partial charge in [-0.2, -0.15) is 0 Å². The zero-order valence-corrected chi connectivity index (χ0v) is 16.7. The van der Waals surface area contributed by atoms with Crippen LogP contribution in [0.25, 0.3) is 0 Å². The average Bonchev–Trinajstić information content (AvgIpc) is 3.54. The molecule has 7 nitrogen and oxygen atoms in total. The summed E-state index contributed by atoms with van der Waals surface area (Å²) in [5.74, 6) is 2.99. The van der Waals surface area contributed by atoms with Gasteiger partial charge in [0.15, 0.2) is 0 Å². The Bertz CT molecular complexity index is 797. The zero-order valence-electron chi connectivity index (χ0n) is 16.7. The fourth-order valence-corrected chi connectivity index (χ4v) is 3.40. The van der Waals surface area contributed by atoms with E-state index in [1.165, 1.54) is 18.4 Å². The highest BCUT2D eigenvalue weighted by molar-refractivity contribution is 5.65. The standard InChI is InChI=1S/C21H30N6O/c1-21(2,14-28)26-20-12-17(27-9-7-22-8-10-27)11-19(25-20)24-18-6-5-16(13-23-18)15-3-4-15/h5-6,11-13,15,22,28H,3-4,7-10,14H2,1-2H3,(H2,23,24,25,26). The van der Waals surface area contributed by atoms with E-state index in [4.69, 9.17) is 4.98 Å². The van der Waals surface area contributed by atoms with Gasteiger partial charge in [0.25, 0.3) is 0 Å². The predicted molar refractivity (Wildman–Crippen MR) is 114 cm³/mol. The largest absolute Gasteiger partial charge is 0.394 e. The number of rotatable bonds is 7. The van der Waals surface area contributed by atoms with E-state index in [2.05, 4.69) is 44.0 Å². The highest BCUT2D eigenvalue weighted by Gasteiger charge is 2.23. The Kier molecular flexibility index (Phi) is 5.37. The molecule has 0 radical (unpaired) electrons. The lowest BCUT2D eigenvalue weighted by molar-refractivity contribution is 0.234. The summed E-state index contributed by atoms with van der Waals surface area (Å²) in [6, 6.07) is 8.30. The highest BCUT2D eigenvalue weighted by Crippen LogP contribution is 2.39.